The van der Waals surface area contributed by atoms with Gasteiger partial charge in [-0.05, 0) is 35.4 Å². The molecule has 0 aliphatic carbocycles. The lowest BCUT2D eigenvalue weighted by Gasteiger charge is -2.34. The molecule has 3 fully saturated rings. The second kappa shape index (κ2) is 7.18. The Labute approximate surface area is 185 Å². The van der Waals surface area contributed by atoms with Crippen LogP contribution in [0.3, 0.4) is 0 Å². The van der Waals surface area contributed by atoms with Gasteiger partial charge in [0.15, 0.2) is 23.1 Å². The zero-order chi connectivity index (χ0) is 22.0. The molecule has 2 aromatic rings. The van der Waals surface area contributed by atoms with Crippen molar-refractivity contribution in [2.45, 2.75) is 24.5 Å². The summed E-state index contributed by atoms with van der Waals surface area (Å²) >= 11 is 0. The van der Waals surface area contributed by atoms with E-state index in [-0.39, 0.29) is 35.5 Å². The number of hydrogen-bond acceptors (Lipinski definition) is 7. The predicted octanol–water partition coefficient (Wildman–Crippen LogP) is 2.85. The largest absolute Gasteiger partial charge is 0.493 e. The van der Waals surface area contributed by atoms with Crippen molar-refractivity contribution in [3.05, 3.63) is 65.4 Å². The van der Waals surface area contributed by atoms with Crippen LogP contribution in [0, 0.1) is 11.8 Å². The number of methoxy groups -OCH3 is 2. The first kappa shape index (κ1) is 19.5. The molecule has 164 valence electrons. The number of fused-ring (bicyclic) bond motifs is 8. The lowest BCUT2D eigenvalue weighted by atomic mass is 9.75. The minimum absolute atomic E-state index is 0.0748. The van der Waals surface area contributed by atoms with E-state index in [9.17, 15) is 9.59 Å². The third-order valence-corrected chi connectivity index (χ3v) is 7.14. The van der Waals surface area contributed by atoms with Crippen LogP contribution in [0.2, 0.25) is 0 Å². The first-order valence-corrected chi connectivity index (χ1v) is 10.7. The van der Waals surface area contributed by atoms with E-state index in [1.54, 1.807) is 32.4 Å². The molecule has 7 heteroatoms. The fourth-order valence-electron chi connectivity index (χ4n) is 5.78. The summed E-state index contributed by atoms with van der Waals surface area (Å²) in [5.74, 6) is 0.218. The van der Waals surface area contributed by atoms with Gasteiger partial charge in [0.05, 0.1) is 44.9 Å². The molecule has 32 heavy (non-hydrogen) atoms. The van der Waals surface area contributed by atoms with Crippen LogP contribution in [0.25, 0.3) is 6.08 Å². The Bertz CT molecular complexity index is 1140. The van der Waals surface area contributed by atoms with Crippen molar-refractivity contribution in [1.82, 2.24) is 4.90 Å². The third kappa shape index (κ3) is 2.61. The molecule has 3 saturated heterocycles. The number of rotatable bonds is 4. The number of nitrogens with zero attached hydrogens (tertiary/aromatic N) is 1. The van der Waals surface area contributed by atoms with Crippen molar-refractivity contribution in [3.63, 3.8) is 0 Å². The topological polar surface area (TPSA) is 74.3 Å². The second-order valence-corrected chi connectivity index (χ2v) is 8.56. The molecule has 7 nitrogen and oxygen atoms in total. The van der Waals surface area contributed by atoms with E-state index >= 15 is 0 Å². The first-order valence-electron chi connectivity index (χ1n) is 10.7. The Morgan fingerprint density at radius 2 is 1.91 bits per heavy atom. The Balaban J connectivity index is 1.47. The van der Waals surface area contributed by atoms with Crippen molar-refractivity contribution >= 4 is 17.6 Å². The molecular formula is C25H23NO6. The van der Waals surface area contributed by atoms with Crippen LogP contribution in [0.5, 0.6) is 11.5 Å². The fourth-order valence-corrected chi connectivity index (χ4v) is 5.78. The molecule has 6 rings (SSSR count). The summed E-state index contributed by atoms with van der Waals surface area (Å²) in [7, 11) is 3.10. The van der Waals surface area contributed by atoms with Crippen LogP contribution < -0.4 is 9.47 Å². The SMILES string of the molecule is COc1ccc(C(=O)C2C3C4COC(O4)C(=O)C3C3c4ccccc4C=CN23)cc1OC. The Hall–Kier alpha value is -3.16. The summed E-state index contributed by atoms with van der Waals surface area (Å²) in [4.78, 5) is 29.4. The van der Waals surface area contributed by atoms with Crippen LogP contribution >= 0.6 is 0 Å². The van der Waals surface area contributed by atoms with Crippen molar-refractivity contribution < 1.29 is 28.5 Å². The van der Waals surface area contributed by atoms with E-state index in [2.05, 4.69) is 4.90 Å². The number of carbonyl (C=O) groups excluding carboxylic acids is 2. The average Bonchev–Trinajstić information content (AvgIpc) is 3.43. The number of benzene rings is 2. The van der Waals surface area contributed by atoms with E-state index in [1.807, 2.05) is 36.5 Å². The van der Waals surface area contributed by atoms with Crippen LogP contribution in [0.1, 0.15) is 27.5 Å². The monoisotopic (exact) mass is 433 g/mol. The van der Waals surface area contributed by atoms with Crippen LogP contribution in [-0.2, 0) is 14.3 Å². The molecule has 0 aromatic heterocycles. The van der Waals surface area contributed by atoms with E-state index < -0.39 is 12.3 Å². The number of ketones is 2. The highest BCUT2D eigenvalue weighted by Crippen LogP contribution is 2.54. The van der Waals surface area contributed by atoms with Gasteiger partial charge in [0.2, 0.25) is 6.29 Å². The molecule has 0 radical (unpaired) electrons. The highest BCUT2D eigenvalue weighted by molar-refractivity contribution is 6.02. The van der Waals surface area contributed by atoms with Gasteiger partial charge in [-0.15, -0.1) is 0 Å². The zero-order valence-electron chi connectivity index (χ0n) is 17.8. The average molecular weight is 433 g/mol. The standard InChI is InChI=1S/C25H23NO6/c1-29-16-8-7-14(11-17(16)30-2)23(27)22-19-18-12-31-25(32-18)24(28)20(19)21-15-6-4-3-5-13(15)9-10-26(21)22/h3-11,18-22,25H,12H2,1-2H3. The fraction of sp³-hybridized carbons (Fsp3) is 0.360. The highest BCUT2D eigenvalue weighted by atomic mass is 16.7. The Kier molecular flexibility index (Phi) is 4.38. The maximum absolute atomic E-state index is 13.9. The second-order valence-electron chi connectivity index (χ2n) is 8.56. The maximum Gasteiger partial charge on any atom is 0.218 e. The Morgan fingerprint density at radius 1 is 1.09 bits per heavy atom. The van der Waals surface area contributed by atoms with Gasteiger partial charge in [-0.25, -0.2) is 0 Å². The summed E-state index contributed by atoms with van der Waals surface area (Å²) in [5.41, 5.74) is 2.63. The molecule has 6 unspecified atom stereocenters. The number of Topliss-reactive ketones (excluding diaryl/α,β-unsaturated/α-hetero) is 2. The van der Waals surface area contributed by atoms with E-state index in [0.717, 1.165) is 11.1 Å². The Morgan fingerprint density at radius 3 is 2.72 bits per heavy atom. The molecule has 0 N–H and O–H groups in total. The molecule has 4 aliphatic rings. The van der Waals surface area contributed by atoms with Gasteiger partial charge in [0, 0.05) is 17.7 Å². The number of ether oxygens (including phenoxy) is 4. The van der Waals surface area contributed by atoms with Gasteiger partial charge in [-0.1, -0.05) is 24.3 Å². The normalized spacial score (nSPS) is 31.7. The molecule has 6 atom stereocenters. The van der Waals surface area contributed by atoms with Gasteiger partial charge in [0.25, 0.3) is 0 Å². The molecule has 4 heterocycles. The van der Waals surface area contributed by atoms with E-state index in [4.69, 9.17) is 18.9 Å². The minimum atomic E-state index is -0.837. The van der Waals surface area contributed by atoms with Gasteiger partial charge >= 0.3 is 0 Å². The van der Waals surface area contributed by atoms with Crippen LogP contribution in [-0.4, -0.2) is 55.7 Å². The van der Waals surface area contributed by atoms with Gasteiger partial charge < -0.3 is 23.8 Å². The molecule has 0 saturated carbocycles. The van der Waals surface area contributed by atoms with E-state index in [1.165, 1.54) is 0 Å². The first-order chi connectivity index (χ1) is 15.6. The summed E-state index contributed by atoms with van der Waals surface area (Å²) in [6, 6.07) is 12.4. The summed E-state index contributed by atoms with van der Waals surface area (Å²) < 4.78 is 22.3. The molecule has 0 spiro atoms. The molecule has 4 aliphatic heterocycles. The lowest BCUT2D eigenvalue weighted by Crippen LogP contribution is -2.48. The highest BCUT2D eigenvalue weighted by Gasteiger charge is 2.63. The minimum Gasteiger partial charge on any atom is -0.493 e. The van der Waals surface area contributed by atoms with Crippen LogP contribution in [0.4, 0.5) is 0 Å². The van der Waals surface area contributed by atoms with Crippen molar-refractivity contribution in [2.75, 3.05) is 20.8 Å². The summed E-state index contributed by atoms with van der Waals surface area (Å²) in [6.07, 6.45) is 2.83. The van der Waals surface area contributed by atoms with Gasteiger partial charge in [-0.2, -0.15) is 0 Å². The lowest BCUT2D eigenvalue weighted by molar-refractivity contribution is -0.164. The van der Waals surface area contributed by atoms with Crippen molar-refractivity contribution in [2.24, 2.45) is 11.8 Å². The predicted molar refractivity (Wildman–Crippen MR) is 114 cm³/mol. The quantitative estimate of drug-likeness (QED) is 0.687. The van der Waals surface area contributed by atoms with Crippen molar-refractivity contribution in [1.29, 1.82) is 0 Å². The molecule has 0 amide bonds. The number of hydrogen-bond donors (Lipinski definition) is 0. The third-order valence-electron chi connectivity index (χ3n) is 7.14. The van der Waals surface area contributed by atoms with Crippen molar-refractivity contribution in [3.8, 4) is 11.5 Å². The van der Waals surface area contributed by atoms with Gasteiger partial charge in [-0.3, -0.25) is 9.59 Å². The maximum atomic E-state index is 13.9. The van der Waals surface area contributed by atoms with Gasteiger partial charge in [0.1, 0.15) is 0 Å². The zero-order valence-corrected chi connectivity index (χ0v) is 17.8. The van der Waals surface area contributed by atoms with E-state index in [0.29, 0.717) is 23.7 Å². The molecular weight excluding hydrogens is 410 g/mol. The van der Waals surface area contributed by atoms with Crippen LogP contribution in [0.15, 0.2) is 48.7 Å². The molecule has 2 aromatic carbocycles. The summed E-state index contributed by atoms with van der Waals surface area (Å²) in [6.45, 7) is 0.319. The molecule has 2 bridgehead atoms. The summed E-state index contributed by atoms with van der Waals surface area (Å²) in [5, 5.41) is 0. The smallest absolute Gasteiger partial charge is 0.218 e. The number of carbonyl (C=O) groups is 2.